The van der Waals surface area contributed by atoms with Crippen LogP contribution in [0.15, 0.2) is 36.5 Å². The van der Waals surface area contributed by atoms with E-state index in [1.54, 1.807) is 24.4 Å². The third-order valence-corrected chi connectivity index (χ3v) is 2.53. The quantitative estimate of drug-likeness (QED) is 0.754. The van der Waals surface area contributed by atoms with E-state index in [9.17, 15) is 13.2 Å². The third-order valence-electron chi connectivity index (χ3n) is 2.53. The van der Waals surface area contributed by atoms with Gasteiger partial charge in [-0.2, -0.15) is 13.2 Å². The zero-order chi connectivity index (χ0) is 11.8. The Hall–Kier alpha value is -1.71. The molecule has 84 valence electrons. The Balaban J connectivity index is 2.58. The van der Waals surface area contributed by atoms with E-state index < -0.39 is 11.7 Å². The van der Waals surface area contributed by atoms with Crippen LogP contribution < -0.4 is 0 Å². The highest BCUT2D eigenvalue weighted by Crippen LogP contribution is 2.35. The number of H-pyrrole nitrogens is 1. The summed E-state index contributed by atoms with van der Waals surface area (Å²) in [7, 11) is 0. The van der Waals surface area contributed by atoms with Gasteiger partial charge in [0.25, 0.3) is 0 Å². The molecule has 4 heteroatoms. The predicted octanol–water partition coefficient (Wildman–Crippen LogP) is 4.01. The highest BCUT2D eigenvalue weighted by molar-refractivity contribution is 5.65. The summed E-state index contributed by atoms with van der Waals surface area (Å²) in [5.41, 5.74) is 0.945. The molecule has 2 rings (SSSR count). The topological polar surface area (TPSA) is 15.8 Å². The summed E-state index contributed by atoms with van der Waals surface area (Å²) >= 11 is 0. The van der Waals surface area contributed by atoms with Crippen molar-refractivity contribution in [1.29, 1.82) is 0 Å². The Morgan fingerprint density at radius 1 is 1.06 bits per heavy atom. The molecule has 1 nitrogen and oxygen atoms in total. The Morgan fingerprint density at radius 3 is 2.38 bits per heavy atom. The molecule has 0 fully saturated rings. The highest BCUT2D eigenvalue weighted by atomic mass is 19.4. The first-order valence-corrected chi connectivity index (χ1v) is 4.80. The monoisotopic (exact) mass is 225 g/mol. The van der Waals surface area contributed by atoms with Crippen molar-refractivity contribution in [3.63, 3.8) is 0 Å². The van der Waals surface area contributed by atoms with Gasteiger partial charge >= 0.3 is 6.18 Å². The van der Waals surface area contributed by atoms with Gasteiger partial charge in [-0.3, -0.25) is 0 Å². The van der Waals surface area contributed by atoms with Crippen LogP contribution in [0.1, 0.15) is 11.1 Å². The minimum absolute atomic E-state index is 0.248. The van der Waals surface area contributed by atoms with Gasteiger partial charge in [-0.1, -0.05) is 12.1 Å². The molecule has 0 atom stereocenters. The van der Waals surface area contributed by atoms with Crippen LogP contribution in [0.3, 0.4) is 0 Å². The van der Waals surface area contributed by atoms with Gasteiger partial charge in [-0.15, -0.1) is 0 Å². The maximum Gasteiger partial charge on any atom is 0.416 e. The first-order valence-electron chi connectivity index (χ1n) is 4.80. The van der Waals surface area contributed by atoms with Crippen LogP contribution in [-0.2, 0) is 6.18 Å². The van der Waals surface area contributed by atoms with Gasteiger partial charge in [0.2, 0.25) is 0 Å². The number of benzene rings is 1. The lowest BCUT2D eigenvalue weighted by Crippen LogP contribution is -2.07. The molecule has 0 aliphatic rings. The number of hydrogen-bond acceptors (Lipinski definition) is 0. The van der Waals surface area contributed by atoms with Gasteiger partial charge in [0.05, 0.1) is 5.56 Å². The average molecular weight is 225 g/mol. The minimum Gasteiger partial charge on any atom is -0.361 e. The molecule has 0 saturated heterocycles. The summed E-state index contributed by atoms with van der Waals surface area (Å²) in [5.74, 6) is 0. The van der Waals surface area contributed by atoms with E-state index in [1.165, 1.54) is 13.0 Å². The molecule has 2 aromatic rings. The van der Waals surface area contributed by atoms with Crippen molar-refractivity contribution < 1.29 is 13.2 Å². The minimum atomic E-state index is -4.30. The molecule has 0 saturated carbocycles. The van der Waals surface area contributed by atoms with Crippen LogP contribution in [0.5, 0.6) is 0 Å². The molecule has 1 aromatic heterocycles. The zero-order valence-electron chi connectivity index (χ0n) is 8.60. The van der Waals surface area contributed by atoms with Crippen molar-refractivity contribution in [3.05, 3.63) is 47.7 Å². The smallest absolute Gasteiger partial charge is 0.361 e. The number of alkyl halides is 3. The van der Waals surface area contributed by atoms with Crippen LogP contribution in [0.25, 0.3) is 11.3 Å². The maximum atomic E-state index is 12.7. The van der Waals surface area contributed by atoms with Crippen LogP contribution in [0.2, 0.25) is 0 Å². The molecule has 0 unspecified atom stereocenters. The number of halogens is 3. The SMILES string of the molecule is Cc1c(-c2ccc[nH]2)cccc1C(F)(F)F. The van der Waals surface area contributed by atoms with Crippen LogP contribution in [0.4, 0.5) is 13.2 Å². The maximum absolute atomic E-state index is 12.7. The lowest BCUT2D eigenvalue weighted by molar-refractivity contribution is -0.138. The molecular weight excluding hydrogens is 215 g/mol. The first-order chi connectivity index (χ1) is 7.50. The Bertz CT molecular complexity index is 483. The summed E-state index contributed by atoms with van der Waals surface area (Å²) in [6.07, 6.45) is -2.61. The summed E-state index contributed by atoms with van der Waals surface area (Å²) < 4.78 is 38.0. The second-order valence-electron chi connectivity index (χ2n) is 3.56. The fourth-order valence-corrected chi connectivity index (χ4v) is 1.73. The summed E-state index contributed by atoms with van der Waals surface area (Å²) in [6.45, 7) is 1.49. The summed E-state index contributed by atoms with van der Waals surface area (Å²) in [4.78, 5) is 2.91. The second-order valence-corrected chi connectivity index (χ2v) is 3.56. The van der Waals surface area contributed by atoms with E-state index in [1.807, 2.05) is 0 Å². The number of aromatic nitrogens is 1. The fourth-order valence-electron chi connectivity index (χ4n) is 1.73. The van der Waals surface area contributed by atoms with E-state index >= 15 is 0 Å². The average Bonchev–Trinajstić information content (AvgIpc) is 2.69. The third kappa shape index (κ3) is 1.83. The summed E-state index contributed by atoms with van der Waals surface area (Å²) in [5, 5.41) is 0. The Kier molecular flexibility index (Phi) is 2.50. The van der Waals surface area contributed by atoms with E-state index in [-0.39, 0.29) is 5.56 Å². The van der Waals surface area contributed by atoms with Crippen LogP contribution in [-0.4, -0.2) is 4.98 Å². The highest BCUT2D eigenvalue weighted by Gasteiger charge is 2.32. The molecule has 0 bridgehead atoms. The van der Waals surface area contributed by atoms with Crippen molar-refractivity contribution >= 4 is 0 Å². The largest absolute Gasteiger partial charge is 0.416 e. The van der Waals surface area contributed by atoms with Gasteiger partial charge < -0.3 is 4.98 Å². The summed E-state index contributed by atoms with van der Waals surface area (Å²) in [6, 6.07) is 7.71. The lowest BCUT2D eigenvalue weighted by Gasteiger charge is -2.13. The number of rotatable bonds is 1. The van der Waals surface area contributed by atoms with E-state index in [4.69, 9.17) is 0 Å². The van der Waals surface area contributed by atoms with Crippen molar-refractivity contribution in [2.75, 3.05) is 0 Å². The van der Waals surface area contributed by atoms with Crippen molar-refractivity contribution in [2.45, 2.75) is 13.1 Å². The Labute approximate surface area is 90.9 Å². The second kappa shape index (κ2) is 3.70. The molecule has 1 heterocycles. The van der Waals surface area contributed by atoms with Crippen molar-refractivity contribution in [3.8, 4) is 11.3 Å². The molecule has 0 aliphatic carbocycles. The molecule has 1 N–H and O–H groups in total. The zero-order valence-corrected chi connectivity index (χ0v) is 8.60. The van der Waals surface area contributed by atoms with E-state index in [2.05, 4.69) is 4.98 Å². The molecule has 16 heavy (non-hydrogen) atoms. The van der Waals surface area contributed by atoms with Gasteiger partial charge in [0, 0.05) is 17.5 Å². The molecule has 0 aliphatic heterocycles. The molecule has 0 radical (unpaired) electrons. The molecule has 0 amide bonds. The number of aromatic amines is 1. The number of nitrogens with one attached hydrogen (secondary N) is 1. The van der Waals surface area contributed by atoms with Crippen LogP contribution in [0, 0.1) is 6.92 Å². The Morgan fingerprint density at radius 2 is 1.81 bits per heavy atom. The van der Waals surface area contributed by atoms with Gasteiger partial charge in [0.15, 0.2) is 0 Å². The molecule has 1 aromatic carbocycles. The van der Waals surface area contributed by atoms with E-state index in [0.29, 0.717) is 11.3 Å². The first kappa shape index (κ1) is 10.8. The van der Waals surface area contributed by atoms with Crippen molar-refractivity contribution in [1.82, 2.24) is 4.98 Å². The molecular formula is C12H10F3N. The van der Waals surface area contributed by atoms with Crippen molar-refractivity contribution in [2.24, 2.45) is 0 Å². The normalized spacial score (nSPS) is 11.8. The van der Waals surface area contributed by atoms with Gasteiger partial charge in [-0.25, -0.2) is 0 Å². The fraction of sp³-hybridized carbons (Fsp3) is 0.167. The molecule has 0 spiro atoms. The lowest BCUT2D eigenvalue weighted by atomic mass is 10.00. The van der Waals surface area contributed by atoms with Crippen LogP contribution >= 0.6 is 0 Å². The predicted molar refractivity (Wildman–Crippen MR) is 56.0 cm³/mol. The number of hydrogen-bond donors (Lipinski definition) is 1. The van der Waals surface area contributed by atoms with Gasteiger partial charge in [0.1, 0.15) is 0 Å². The van der Waals surface area contributed by atoms with Gasteiger partial charge in [-0.05, 0) is 30.7 Å². The van der Waals surface area contributed by atoms with E-state index in [0.717, 1.165) is 6.07 Å². The standard InChI is InChI=1S/C12H10F3N/c1-8-9(11-6-3-7-16-11)4-2-5-10(8)12(13,14)15/h2-7,16H,1H3.